The van der Waals surface area contributed by atoms with E-state index in [0.717, 1.165) is 38.2 Å². The van der Waals surface area contributed by atoms with E-state index in [4.69, 9.17) is 15.2 Å². The Kier molecular flexibility index (Phi) is 11.3. The van der Waals surface area contributed by atoms with Gasteiger partial charge in [-0.15, -0.1) is 11.3 Å². The van der Waals surface area contributed by atoms with Crippen LogP contribution in [0.5, 0.6) is 5.75 Å². The topological polar surface area (TPSA) is 128 Å². The number of aromatic nitrogens is 3. The average molecular weight is 651 g/mol. The van der Waals surface area contributed by atoms with E-state index in [1.165, 1.54) is 12.5 Å². The normalized spacial score (nSPS) is 14.1. The van der Waals surface area contributed by atoms with E-state index in [0.29, 0.717) is 35.9 Å². The first-order valence-corrected chi connectivity index (χ1v) is 12.3. The van der Waals surface area contributed by atoms with Crippen LogP contribution in [0.25, 0.3) is 26.7 Å². The molecule has 1 aliphatic heterocycles. The van der Waals surface area contributed by atoms with Gasteiger partial charge in [-0.2, -0.15) is 0 Å². The van der Waals surface area contributed by atoms with E-state index >= 15 is 0 Å². The second-order valence-electron chi connectivity index (χ2n) is 8.44. The number of fused-ring (bicyclic) bond motifs is 2. The summed E-state index contributed by atoms with van der Waals surface area (Å²) in [6, 6.07) is 9.58. The molecule has 9 nitrogen and oxygen atoms in total. The maximum atomic E-state index is 9.33. The number of aliphatic hydroxyl groups excluding tert-OH is 1. The summed E-state index contributed by atoms with van der Waals surface area (Å²) in [7, 11) is 0. The fourth-order valence-electron chi connectivity index (χ4n) is 3.68. The van der Waals surface area contributed by atoms with Gasteiger partial charge in [0, 0.05) is 29.2 Å². The fraction of sp³-hybridized carbons (Fsp3) is 0.222. The average Bonchev–Trinajstić information content (AvgIpc) is 3.31. The third kappa shape index (κ3) is 6.84. The van der Waals surface area contributed by atoms with E-state index in [-0.39, 0.29) is 89.0 Å². The van der Waals surface area contributed by atoms with Crippen molar-refractivity contribution in [1.82, 2.24) is 15.0 Å². The van der Waals surface area contributed by atoms with Crippen LogP contribution < -0.4 is 84.7 Å². The van der Waals surface area contributed by atoms with Gasteiger partial charge < -0.3 is 33.1 Å². The third-order valence-electron chi connectivity index (χ3n) is 5.85. The predicted octanol–water partition coefficient (Wildman–Crippen LogP) is 1.87. The van der Waals surface area contributed by atoms with Crippen LogP contribution in [0.1, 0.15) is 19.4 Å². The molecule has 1 atom stereocenters. The number of hydrogen-bond donors (Lipinski definition) is 3. The number of ether oxygens (including phenoxy) is 2. The van der Waals surface area contributed by atoms with Gasteiger partial charge in [-0.25, -0.2) is 15.0 Å². The van der Waals surface area contributed by atoms with Gasteiger partial charge in [-0.3, -0.25) is 4.99 Å². The van der Waals surface area contributed by atoms with Crippen molar-refractivity contribution in [2.75, 3.05) is 25.1 Å². The van der Waals surface area contributed by atoms with E-state index in [9.17, 15) is 5.11 Å². The summed E-state index contributed by atoms with van der Waals surface area (Å²) in [5.74, 6) is 1.99. The molecule has 0 bridgehead atoms. The van der Waals surface area contributed by atoms with E-state index < -0.39 is 0 Å². The Morgan fingerprint density at radius 3 is 2.76 bits per heavy atom. The van der Waals surface area contributed by atoms with Crippen LogP contribution in [-0.4, -0.2) is 52.1 Å². The molecule has 4 aromatic rings. The molecule has 1 aliphatic rings. The largest absolute Gasteiger partial charge is 1.00 e. The molecule has 4 N–H and O–H groups in total. The Bertz CT molecular complexity index is 1510. The molecule has 38 heavy (non-hydrogen) atoms. The van der Waals surface area contributed by atoms with Crippen molar-refractivity contribution in [3.8, 4) is 5.75 Å². The number of allylic oxidation sites excluding steroid dienone is 2. The number of anilines is 2. The SMILES string of the molecule is CC(Oc1cc(/C(C=N[C@@H](C)CO)=C/N)cc2ncnc(Nc3ccc4ncsc4c3)c12)=C1COC1.[CH3-].[Cs+]. The number of nitrogens with one attached hydrogen (secondary N) is 1. The molecule has 3 heterocycles. The Labute approximate surface area is 284 Å². The maximum absolute atomic E-state index is 9.33. The first kappa shape index (κ1) is 30.7. The summed E-state index contributed by atoms with van der Waals surface area (Å²) in [6.45, 7) is 4.81. The summed E-state index contributed by atoms with van der Waals surface area (Å²) >= 11 is 1.58. The minimum atomic E-state index is -0.240. The standard InChI is InChI=1S/C26H26N6O3S.CH3.Cs/c1-15(10-33)28-9-18(8-27)17-5-22-25(23(6-17)35-16(2)19-11-34-12-19)26(30-13-29-22)32-20-3-4-21-24(7-20)36-14-31-21;;/h3-9,13-15,33H,10-12,27H2,1-2H3,(H,29,30,32);1H3;/q;-1;+1/b18-8+,28-9?;;/t15-;;/m0../s1. The van der Waals surface area contributed by atoms with Gasteiger partial charge in [-0.05, 0) is 49.7 Å². The molecule has 5 rings (SSSR count). The number of hydrogen-bond acceptors (Lipinski definition) is 10. The zero-order valence-corrected chi connectivity index (χ0v) is 29.0. The molecular formula is C27H29CsN6O3S. The zero-order valence-electron chi connectivity index (χ0n) is 21.9. The van der Waals surface area contributed by atoms with Crippen molar-refractivity contribution >= 4 is 55.7 Å². The molecule has 0 amide bonds. The molecule has 0 aliphatic carbocycles. The van der Waals surface area contributed by atoms with Crippen molar-refractivity contribution in [3.05, 3.63) is 72.7 Å². The maximum Gasteiger partial charge on any atom is 1.00 e. The molecule has 0 radical (unpaired) electrons. The molecule has 2 aromatic heterocycles. The van der Waals surface area contributed by atoms with Crippen molar-refractivity contribution in [3.63, 3.8) is 0 Å². The van der Waals surface area contributed by atoms with Crippen molar-refractivity contribution < 1.29 is 83.5 Å². The van der Waals surface area contributed by atoms with E-state index in [1.54, 1.807) is 17.6 Å². The molecule has 0 saturated carbocycles. The number of nitrogens with zero attached hydrogens (tertiary/aromatic N) is 4. The van der Waals surface area contributed by atoms with Crippen LogP contribution in [0.15, 0.2) is 64.7 Å². The monoisotopic (exact) mass is 650 g/mol. The number of thiazole rings is 1. The van der Waals surface area contributed by atoms with Gasteiger partial charge >= 0.3 is 68.9 Å². The van der Waals surface area contributed by atoms with Crippen molar-refractivity contribution in [1.29, 1.82) is 0 Å². The first-order valence-electron chi connectivity index (χ1n) is 11.4. The van der Waals surface area contributed by atoms with Gasteiger partial charge in [0.1, 0.15) is 23.7 Å². The van der Waals surface area contributed by atoms with Gasteiger partial charge in [0.25, 0.3) is 0 Å². The smallest absolute Gasteiger partial charge is 0.461 e. The van der Waals surface area contributed by atoms with Crippen LogP contribution >= 0.6 is 11.3 Å². The summed E-state index contributed by atoms with van der Waals surface area (Å²) in [6.07, 6.45) is 4.65. The van der Waals surface area contributed by atoms with Crippen LogP contribution in [0.2, 0.25) is 0 Å². The molecular weight excluding hydrogens is 621 g/mol. The minimum Gasteiger partial charge on any atom is -0.461 e. The molecule has 0 unspecified atom stereocenters. The third-order valence-corrected chi connectivity index (χ3v) is 6.65. The van der Waals surface area contributed by atoms with Gasteiger partial charge in [0.15, 0.2) is 0 Å². The second kappa shape index (κ2) is 14.0. The molecule has 192 valence electrons. The quantitative estimate of drug-likeness (QED) is 0.150. The number of rotatable bonds is 8. The Morgan fingerprint density at radius 2 is 2.05 bits per heavy atom. The van der Waals surface area contributed by atoms with Crippen LogP contribution in [-0.2, 0) is 4.74 Å². The predicted molar refractivity (Wildman–Crippen MR) is 150 cm³/mol. The number of benzene rings is 2. The van der Waals surface area contributed by atoms with Crippen molar-refractivity contribution in [2.45, 2.75) is 19.9 Å². The summed E-state index contributed by atoms with van der Waals surface area (Å²) < 4.78 is 12.8. The van der Waals surface area contributed by atoms with Gasteiger partial charge in [0.2, 0.25) is 0 Å². The van der Waals surface area contributed by atoms with Crippen LogP contribution in [0.4, 0.5) is 11.5 Å². The number of nitrogens with two attached hydrogens (primary N) is 1. The first-order chi connectivity index (χ1) is 17.6. The molecule has 11 heteroatoms. The van der Waals surface area contributed by atoms with Gasteiger partial charge in [0.05, 0.1) is 52.5 Å². The van der Waals surface area contributed by atoms with Gasteiger partial charge in [-0.1, -0.05) is 0 Å². The van der Waals surface area contributed by atoms with Crippen LogP contribution in [0, 0.1) is 7.43 Å². The van der Waals surface area contributed by atoms with E-state index in [1.807, 2.05) is 49.7 Å². The second-order valence-corrected chi connectivity index (χ2v) is 9.32. The summed E-state index contributed by atoms with van der Waals surface area (Å²) in [5, 5.41) is 13.5. The van der Waals surface area contributed by atoms with Crippen LogP contribution in [0.3, 0.4) is 0 Å². The molecule has 2 aromatic carbocycles. The summed E-state index contributed by atoms with van der Waals surface area (Å²) in [4.78, 5) is 17.8. The number of aliphatic hydroxyl groups is 1. The summed E-state index contributed by atoms with van der Waals surface area (Å²) in [5.41, 5.74) is 12.9. The molecule has 0 spiro atoms. The van der Waals surface area contributed by atoms with Crippen molar-refractivity contribution in [2.24, 2.45) is 10.7 Å². The molecule has 1 saturated heterocycles. The minimum absolute atomic E-state index is 0. The van der Waals surface area contributed by atoms with E-state index in [2.05, 4.69) is 25.3 Å². The Hall–Kier alpha value is -1.81. The molecule has 1 fully saturated rings. The zero-order chi connectivity index (χ0) is 25.1. The number of aliphatic imine (C=N–C) groups is 1. The Morgan fingerprint density at radius 1 is 1.24 bits per heavy atom. The Balaban J connectivity index is 0.00000200. The fourth-order valence-corrected chi connectivity index (χ4v) is 4.39.